The van der Waals surface area contributed by atoms with Gasteiger partial charge in [-0.3, -0.25) is 9.79 Å². The van der Waals surface area contributed by atoms with E-state index in [9.17, 15) is 4.79 Å². The maximum atomic E-state index is 11.0. The fourth-order valence-electron chi connectivity index (χ4n) is 1.37. The van der Waals surface area contributed by atoms with Crippen LogP contribution in [0.2, 0.25) is 0 Å². The summed E-state index contributed by atoms with van der Waals surface area (Å²) in [5, 5.41) is 6.19. The van der Waals surface area contributed by atoms with Crippen LogP contribution in [0.3, 0.4) is 0 Å². The lowest BCUT2D eigenvalue weighted by Gasteiger charge is -2.11. The Bertz CT molecular complexity index is 287. The molecule has 6 nitrogen and oxygen atoms in total. The zero-order chi connectivity index (χ0) is 15.2. The summed E-state index contributed by atoms with van der Waals surface area (Å²) in [6.45, 7) is 9.62. The lowest BCUT2D eigenvalue weighted by atomic mass is 10.1. The molecule has 0 radical (unpaired) electrons. The van der Waals surface area contributed by atoms with Crippen LogP contribution in [0.25, 0.3) is 0 Å². The fraction of sp³-hybridized carbons (Fsp3) is 0.857. The van der Waals surface area contributed by atoms with E-state index in [1.165, 1.54) is 7.11 Å². The van der Waals surface area contributed by atoms with Crippen molar-refractivity contribution in [1.82, 2.24) is 10.6 Å². The average Bonchev–Trinajstić information content (AvgIpc) is 2.41. The molecule has 0 spiro atoms. The minimum atomic E-state index is -0.231. The number of rotatable bonds is 10. The highest BCUT2D eigenvalue weighted by atomic mass is 127. The lowest BCUT2D eigenvalue weighted by molar-refractivity contribution is -0.140. The minimum absolute atomic E-state index is 0. The van der Waals surface area contributed by atoms with Crippen LogP contribution >= 0.6 is 24.0 Å². The fourth-order valence-corrected chi connectivity index (χ4v) is 1.37. The Morgan fingerprint density at radius 1 is 1.24 bits per heavy atom. The first-order valence-corrected chi connectivity index (χ1v) is 7.26. The van der Waals surface area contributed by atoms with Crippen molar-refractivity contribution in [1.29, 1.82) is 0 Å². The summed E-state index contributed by atoms with van der Waals surface area (Å²) in [6.07, 6.45) is 1.40. The van der Waals surface area contributed by atoms with Crippen molar-refractivity contribution in [3.05, 3.63) is 0 Å². The number of aliphatic imine (C=N–C) groups is 1. The van der Waals surface area contributed by atoms with Crippen molar-refractivity contribution in [2.75, 3.05) is 40.0 Å². The van der Waals surface area contributed by atoms with Crippen molar-refractivity contribution in [2.45, 2.75) is 33.6 Å². The van der Waals surface area contributed by atoms with Crippen molar-refractivity contribution in [3.63, 3.8) is 0 Å². The van der Waals surface area contributed by atoms with E-state index < -0.39 is 0 Å². The maximum absolute atomic E-state index is 11.0. The number of carbonyl (C=O) groups is 1. The Kier molecular flexibility index (Phi) is 17.1. The van der Waals surface area contributed by atoms with Gasteiger partial charge in [-0.25, -0.2) is 0 Å². The molecule has 126 valence electrons. The molecule has 0 saturated carbocycles. The Balaban J connectivity index is 0. The average molecular weight is 415 g/mol. The van der Waals surface area contributed by atoms with Gasteiger partial charge in [-0.15, -0.1) is 24.0 Å². The third-order valence-electron chi connectivity index (χ3n) is 2.54. The summed E-state index contributed by atoms with van der Waals surface area (Å²) >= 11 is 0. The van der Waals surface area contributed by atoms with Crippen LogP contribution in [-0.2, 0) is 14.3 Å². The van der Waals surface area contributed by atoms with Crippen LogP contribution in [0, 0.1) is 5.92 Å². The van der Waals surface area contributed by atoms with Gasteiger partial charge >= 0.3 is 5.97 Å². The predicted molar refractivity (Wildman–Crippen MR) is 96.3 cm³/mol. The predicted octanol–water partition coefficient (Wildman–Crippen LogP) is 1.79. The number of halogens is 1. The van der Waals surface area contributed by atoms with Crippen LogP contribution in [0.5, 0.6) is 0 Å². The first kappa shape index (κ1) is 22.7. The summed E-state index contributed by atoms with van der Waals surface area (Å²) < 4.78 is 10.1. The van der Waals surface area contributed by atoms with E-state index in [0.717, 1.165) is 19.6 Å². The molecule has 0 aromatic rings. The zero-order valence-electron chi connectivity index (χ0n) is 13.6. The summed E-state index contributed by atoms with van der Waals surface area (Å²) in [7, 11) is 1.39. The molecule has 0 rings (SSSR count). The Hall–Kier alpha value is -0.570. The number of esters is 1. The van der Waals surface area contributed by atoms with Crippen molar-refractivity contribution < 1.29 is 14.3 Å². The van der Waals surface area contributed by atoms with Gasteiger partial charge in [-0.2, -0.15) is 0 Å². The molecular formula is C14H30IN3O3. The number of nitrogens with zero attached hydrogens (tertiary/aromatic N) is 1. The smallest absolute Gasteiger partial charge is 0.307 e. The van der Waals surface area contributed by atoms with E-state index in [1.807, 2.05) is 6.92 Å². The standard InChI is InChI=1S/C14H29N3O3.HI/c1-5-15-14(16-8-6-13(18)19-4)17-9-11-20-10-7-12(2)3;/h12H,5-11H2,1-4H3,(H2,15,16,17);1H. The number of hydrogen-bond donors (Lipinski definition) is 2. The first-order valence-electron chi connectivity index (χ1n) is 7.26. The molecule has 0 amide bonds. The molecule has 0 bridgehead atoms. The van der Waals surface area contributed by atoms with Crippen LogP contribution in [-0.4, -0.2) is 51.9 Å². The van der Waals surface area contributed by atoms with Crippen molar-refractivity contribution in [3.8, 4) is 0 Å². The molecule has 21 heavy (non-hydrogen) atoms. The molecule has 0 saturated heterocycles. The summed E-state index contributed by atoms with van der Waals surface area (Å²) in [5.41, 5.74) is 0. The number of guanidine groups is 1. The number of nitrogens with one attached hydrogen (secondary N) is 2. The lowest BCUT2D eigenvalue weighted by Crippen LogP contribution is -2.38. The quantitative estimate of drug-likeness (QED) is 0.187. The van der Waals surface area contributed by atoms with E-state index in [-0.39, 0.29) is 29.9 Å². The molecular weight excluding hydrogens is 385 g/mol. The van der Waals surface area contributed by atoms with Gasteiger partial charge in [0.05, 0.1) is 26.7 Å². The van der Waals surface area contributed by atoms with Crippen LogP contribution < -0.4 is 10.6 Å². The molecule has 0 heterocycles. The molecule has 0 atom stereocenters. The second-order valence-corrected chi connectivity index (χ2v) is 4.81. The summed E-state index contributed by atoms with van der Waals surface area (Å²) in [6, 6.07) is 0. The maximum Gasteiger partial charge on any atom is 0.307 e. The highest BCUT2D eigenvalue weighted by Crippen LogP contribution is 1.98. The SMILES string of the molecule is CCNC(=NCCOCCC(C)C)NCCC(=O)OC.I. The van der Waals surface area contributed by atoms with Gasteiger partial charge in [0, 0.05) is 19.7 Å². The third-order valence-corrected chi connectivity index (χ3v) is 2.54. The van der Waals surface area contributed by atoms with Gasteiger partial charge < -0.3 is 20.1 Å². The van der Waals surface area contributed by atoms with Crippen molar-refractivity contribution >= 4 is 35.9 Å². The number of carbonyl (C=O) groups excluding carboxylic acids is 1. The largest absolute Gasteiger partial charge is 0.469 e. The number of hydrogen-bond acceptors (Lipinski definition) is 4. The minimum Gasteiger partial charge on any atom is -0.469 e. The Morgan fingerprint density at radius 2 is 1.95 bits per heavy atom. The van der Waals surface area contributed by atoms with E-state index >= 15 is 0 Å². The second kappa shape index (κ2) is 15.8. The molecule has 0 aliphatic heterocycles. The van der Waals surface area contributed by atoms with Gasteiger partial charge in [0.2, 0.25) is 0 Å². The van der Waals surface area contributed by atoms with E-state index in [4.69, 9.17) is 4.74 Å². The highest BCUT2D eigenvalue weighted by molar-refractivity contribution is 14.0. The molecule has 2 N–H and O–H groups in total. The third kappa shape index (κ3) is 15.6. The molecule has 0 aliphatic carbocycles. The molecule has 0 aromatic heterocycles. The topological polar surface area (TPSA) is 72.0 Å². The monoisotopic (exact) mass is 415 g/mol. The number of methoxy groups -OCH3 is 1. The zero-order valence-corrected chi connectivity index (χ0v) is 15.9. The Morgan fingerprint density at radius 3 is 2.52 bits per heavy atom. The van der Waals surface area contributed by atoms with E-state index in [1.54, 1.807) is 0 Å². The van der Waals surface area contributed by atoms with Crippen LogP contribution in [0.15, 0.2) is 4.99 Å². The second-order valence-electron chi connectivity index (χ2n) is 4.81. The molecule has 7 heteroatoms. The van der Waals surface area contributed by atoms with E-state index in [2.05, 4.69) is 34.2 Å². The normalized spacial score (nSPS) is 11.0. The van der Waals surface area contributed by atoms with Gasteiger partial charge in [-0.05, 0) is 19.3 Å². The van der Waals surface area contributed by atoms with E-state index in [0.29, 0.717) is 38.0 Å². The molecule has 0 aliphatic rings. The summed E-state index contributed by atoms with van der Waals surface area (Å²) in [4.78, 5) is 15.4. The summed E-state index contributed by atoms with van der Waals surface area (Å²) in [5.74, 6) is 1.13. The van der Waals surface area contributed by atoms with Crippen molar-refractivity contribution in [2.24, 2.45) is 10.9 Å². The van der Waals surface area contributed by atoms with Gasteiger partial charge in [0.25, 0.3) is 0 Å². The first-order chi connectivity index (χ1) is 9.60. The van der Waals surface area contributed by atoms with Crippen LogP contribution in [0.1, 0.15) is 33.6 Å². The Labute approximate surface area is 145 Å². The van der Waals surface area contributed by atoms with Gasteiger partial charge in [-0.1, -0.05) is 13.8 Å². The molecule has 0 fully saturated rings. The molecule has 0 aromatic carbocycles. The molecule has 0 unspecified atom stereocenters. The van der Waals surface area contributed by atoms with Gasteiger partial charge in [0.15, 0.2) is 5.96 Å². The van der Waals surface area contributed by atoms with Gasteiger partial charge in [0.1, 0.15) is 0 Å². The highest BCUT2D eigenvalue weighted by Gasteiger charge is 2.01. The number of ether oxygens (including phenoxy) is 2. The van der Waals surface area contributed by atoms with Crippen LogP contribution in [0.4, 0.5) is 0 Å².